The number of hydrogen-bond acceptors (Lipinski definition) is 1. The average Bonchev–Trinajstić information content (AvgIpc) is 2.73. The highest BCUT2D eigenvalue weighted by atomic mass is 16.1. The smallest absolute Gasteiger partial charge is 0.223 e. The van der Waals surface area contributed by atoms with Crippen LogP contribution in [0.4, 0.5) is 0 Å². The van der Waals surface area contributed by atoms with Crippen molar-refractivity contribution in [2.24, 2.45) is 11.8 Å². The molecule has 4 aliphatic carbocycles. The minimum atomic E-state index is 0.167. The Morgan fingerprint density at radius 3 is 2.19 bits per heavy atom. The molecule has 0 saturated heterocycles. The summed E-state index contributed by atoms with van der Waals surface area (Å²) >= 11 is 0. The molecule has 2 aromatic rings. The monoisotopic (exact) mass is 343 g/mol. The van der Waals surface area contributed by atoms with Crippen LogP contribution >= 0.6 is 0 Å². The van der Waals surface area contributed by atoms with Gasteiger partial charge in [-0.25, -0.2) is 0 Å². The van der Waals surface area contributed by atoms with Crippen LogP contribution in [-0.2, 0) is 4.79 Å². The van der Waals surface area contributed by atoms with Crippen molar-refractivity contribution in [3.8, 4) is 0 Å². The number of nitrogens with one attached hydrogen (secondary N) is 1. The Bertz CT molecular complexity index is 821. The molecule has 0 aromatic heterocycles. The first-order valence-corrected chi connectivity index (χ1v) is 9.93. The highest BCUT2D eigenvalue weighted by molar-refractivity contribution is 5.79. The lowest BCUT2D eigenvalue weighted by Gasteiger charge is -2.45. The molecule has 0 radical (unpaired) electrons. The van der Waals surface area contributed by atoms with Crippen molar-refractivity contribution in [1.29, 1.82) is 0 Å². The summed E-state index contributed by atoms with van der Waals surface area (Å²) in [4.78, 5) is 12.6. The van der Waals surface area contributed by atoms with Crippen LogP contribution in [0.3, 0.4) is 0 Å². The number of carbonyl (C=O) groups is 1. The van der Waals surface area contributed by atoms with Gasteiger partial charge in [0.25, 0.3) is 0 Å². The van der Waals surface area contributed by atoms with Crippen LogP contribution in [0.1, 0.15) is 59.8 Å². The van der Waals surface area contributed by atoms with Crippen molar-refractivity contribution in [2.75, 3.05) is 6.54 Å². The van der Waals surface area contributed by atoms with Gasteiger partial charge in [-0.05, 0) is 53.9 Å². The van der Waals surface area contributed by atoms with Gasteiger partial charge in [-0.1, -0.05) is 60.7 Å². The van der Waals surface area contributed by atoms with E-state index in [1.807, 2.05) is 0 Å². The van der Waals surface area contributed by atoms with Gasteiger partial charge in [-0.2, -0.15) is 0 Å². The lowest BCUT2D eigenvalue weighted by atomic mass is 9.59. The van der Waals surface area contributed by atoms with Gasteiger partial charge in [-0.3, -0.25) is 4.79 Å². The van der Waals surface area contributed by atoms with E-state index in [9.17, 15) is 4.79 Å². The Balaban J connectivity index is 1.40. The van der Waals surface area contributed by atoms with Crippen molar-refractivity contribution in [2.45, 2.75) is 37.5 Å². The molecule has 1 amide bonds. The quantitative estimate of drug-likeness (QED) is 0.800. The van der Waals surface area contributed by atoms with E-state index in [1.165, 1.54) is 22.3 Å². The second-order valence-electron chi connectivity index (χ2n) is 8.01. The predicted molar refractivity (Wildman–Crippen MR) is 104 cm³/mol. The minimum Gasteiger partial charge on any atom is -0.356 e. The highest BCUT2D eigenvalue weighted by Gasteiger charge is 2.42. The Morgan fingerprint density at radius 2 is 1.58 bits per heavy atom. The van der Waals surface area contributed by atoms with Gasteiger partial charge in [0.1, 0.15) is 0 Å². The first-order valence-electron chi connectivity index (χ1n) is 9.93. The van der Waals surface area contributed by atoms with Gasteiger partial charge >= 0.3 is 0 Å². The molecular formula is C24H25NO. The zero-order valence-electron chi connectivity index (χ0n) is 15.0. The summed E-state index contributed by atoms with van der Waals surface area (Å²) in [5.74, 6) is 1.80. The first-order chi connectivity index (χ1) is 12.8. The summed E-state index contributed by atoms with van der Waals surface area (Å²) < 4.78 is 0. The van der Waals surface area contributed by atoms with Gasteiger partial charge in [0, 0.05) is 24.3 Å². The SMILES string of the molecule is O=C(NC[C@H]1CC2c3ccccc3C1c1ccccc12)[C@H]1CC=CCC1. The third-order valence-electron chi connectivity index (χ3n) is 6.60. The molecule has 0 fully saturated rings. The van der Waals surface area contributed by atoms with Gasteiger partial charge < -0.3 is 5.32 Å². The maximum atomic E-state index is 12.6. The fraction of sp³-hybridized carbons (Fsp3) is 0.375. The van der Waals surface area contributed by atoms with E-state index in [2.05, 4.69) is 66.0 Å². The topological polar surface area (TPSA) is 29.1 Å². The molecule has 0 aliphatic heterocycles. The van der Waals surface area contributed by atoms with Crippen LogP contribution in [-0.4, -0.2) is 12.5 Å². The fourth-order valence-electron chi connectivity index (χ4n) is 5.37. The Labute approximate surface area is 155 Å². The van der Waals surface area contributed by atoms with E-state index in [4.69, 9.17) is 0 Å². The van der Waals surface area contributed by atoms with Crippen LogP contribution < -0.4 is 5.32 Å². The van der Waals surface area contributed by atoms with Crippen LogP contribution in [0, 0.1) is 11.8 Å². The Morgan fingerprint density at radius 1 is 0.923 bits per heavy atom. The van der Waals surface area contributed by atoms with E-state index < -0.39 is 0 Å². The highest BCUT2D eigenvalue weighted by Crippen LogP contribution is 2.55. The van der Waals surface area contributed by atoms with Crippen molar-refractivity contribution in [3.63, 3.8) is 0 Å². The average molecular weight is 343 g/mol. The lowest BCUT2D eigenvalue weighted by molar-refractivity contribution is -0.125. The summed E-state index contributed by atoms with van der Waals surface area (Å²) in [7, 11) is 0. The van der Waals surface area contributed by atoms with Crippen molar-refractivity contribution >= 4 is 5.91 Å². The lowest BCUT2D eigenvalue weighted by Crippen LogP contribution is -2.41. The molecule has 4 aliphatic rings. The van der Waals surface area contributed by atoms with E-state index >= 15 is 0 Å². The number of fused-ring (bicyclic) bond motifs is 1. The summed E-state index contributed by atoms with van der Waals surface area (Å²) in [5.41, 5.74) is 5.94. The molecule has 6 rings (SSSR count). The van der Waals surface area contributed by atoms with Crippen LogP contribution in [0.15, 0.2) is 60.7 Å². The molecule has 2 nitrogen and oxygen atoms in total. The van der Waals surface area contributed by atoms with E-state index in [-0.39, 0.29) is 11.8 Å². The molecule has 2 heteroatoms. The number of rotatable bonds is 3. The predicted octanol–water partition coefficient (Wildman–Crippen LogP) is 4.76. The number of benzene rings is 2. The molecule has 0 spiro atoms. The third-order valence-corrected chi connectivity index (χ3v) is 6.60. The summed E-state index contributed by atoms with van der Waals surface area (Å²) in [6.45, 7) is 0.795. The zero-order valence-corrected chi connectivity index (χ0v) is 15.0. The summed E-state index contributed by atoms with van der Waals surface area (Å²) in [5, 5.41) is 3.30. The standard InChI is InChI=1S/C24H25NO/c26-24(16-8-2-1-3-9-16)25-15-17-14-22-18-10-4-6-12-20(18)23(17)21-13-7-5-11-19(21)22/h1-2,4-7,10-13,16-17,22-23H,3,8-9,14-15H2,(H,25,26)/t16-,17+,22?,23?/m0/s1. The van der Waals surface area contributed by atoms with Crippen molar-refractivity contribution < 1.29 is 4.79 Å². The van der Waals surface area contributed by atoms with Crippen LogP contribution in [0.2, 0.25) is 0 Å². The maximum Gasteiger partial charge on any atom is 0.223 e. The van der Waals surface area contributed by atoms with Crippen molar-refractivity contribution in [1.82, 2.24) is 5.32 Å². The van der Waals surface area contributed by atoms with Gasteiger partial charge in [-0.15, -0.1) is 0 Å². The van der Waals surface area contributed by atoms with Crippen LogP contribution in [0.25, 0.3) is 0 Å². The second-order valence-corrected chi connectivity index (χ2v) is 8.01. The molecule has 2 aromatic carbocycles. The van der Waals surface area contributed by atoms with E-state index in [0.717, 1.165) is 32.2 Å². The number of hydrogen-bond donors (Lipinski definition) is 1. The molecule has 0 unspecified atom stereocenters. The fourth-order valence-corrected chi connectivity index (χ4v) is 5.37. The molecule has 132 valence electrons. The second kappa shape index (κ2) is 6.42. The summed E-state index contributed by atoms with van der Waals surface area (Å²) in [6.07, 6.45) is 8.41. The third kappa shape index (κ3) is 2.51. The van der Waals surface area contributed by atoms with E-state index in [0.29, 0.717) is 17.8 Å². The summed E-state index contributed by atoms with van der Waals surface area (Å²) in [6, 6.07) is 17.8. The normalized spacial score (nSPS) is 28.3. The number of amides is 1. The van der Waals surface area contributed by atoms with Crippen molar-refractivity contribution in [3.05, 3.63) is 82.9 Å². The van der Waals surface area contributed by atoms with Gasteiger partial charge in [0.15, 0.2) is 0 Å². The van der Waals surface area contributed by atoms with Gasteiger partial charge in [0.05, 0.1) is 0 Å². The Hall–Kier alpha value is -2.35. The molecule has 0 saturated carbocycles. The molecule has 2 bridgehead atoms. The first kappa shape index (κ1) is 15.9. The maximum absolute atomic E-state index is 12.6. The Kier molecular flexibility index (Phi) is 3.92. The van der Waals surface area contributed by atoms with Crippen LogP contribution in [0.5, 0.6) is 0 Å². The molecular weight excluding hydrogens is 318 g/mol. The minimum absolute atomic E-state index is 0.167. The molecule has 2 atom stereocenters. The largest absolute Gasteiger partial charge is 0.356 e. The van der Waals surface area contributed by atoms with E-state index in [1.54, 1.807) is 0 Å². The molecule has 26 heavy (non-hydrogen) atoms. The number of allylic oxidation sites excluding steroid dienone is 2. The molecule has 0 heterocycles. The molecule has 1 N–H and O–H groups in total. The van der Waals surface area contributed by atoms with Gasteiger partial charge in [0.2, 0.25) is 5.91 Å². The zero-order chi connectivity index (χ0) is 17.5. The number of carbonyl (C=O) groups excluding carboxylic acids is 1.